The molecule has 0 aliphatic carbocycles. The maximum atomic E-state index is 13.8. The van der Waals surface area contributed by atoms with Crippen molar-refractivity contribution in [1.82, 2.24) is 4.31 Å². The SMILES string of the molecule is CC(=O)c1c(F)cccc1NC1CCCN(S(C)(=O)=O)C1. The summed E-state index contributed by atoms with van der Waals surface area (Å²) in [7, 11) is -3.23. The maximum absolute atomic E-state index is 13.8. The minimum absolute atomic E-state index is 0.0222. The van der Waals surface area contributed by atoms with Crippen LogP contribution in [0, 0.1) is 5.82 Å². The lowest BCUT2D eigenvalue weighted by Gasteiger charge is -2.32. The van der Waals surface area contributed by atoms with Gasteiger partial charge in [-0.2, -0.15) is 0 Å². The van der Waals surface area contributed by atoms with Crippen LogP contribution < -0.4 is 5.32 Å². The Balaban J connectivity index is 2.19. The van der Waals surface area contributed by atoms with E-state index in [0.29, 0.717) is 18.8 Å². The maximum Gasteiger partial charge on any atom is 0.211 e. The van der Waals surface area contributed by atoms with Crippen LogP contribution in [-0.4, -0.2) is 43.9 Å². The van der Waals surface area contributed by atoms with E-state index in [1.807, 2.05) is 0 Å². The molecular formula is C14H19FN2O3S. The number of nitrogens with zero attached hydrogens (tertiary/aromatic N) is 1. The highest BCUT2D eigenvalue weighted by atomic mass is 32.2. The first-order valence-electron chi connectivity index (χ1n) is 6.80. The van der Waals surface area contributed by atoms with Crippen LogP contribution >= 0.6 is 0 Å². The second-order valence-electron chi connectivity index (χ2n) is 5.32. The fourth-order valence-corrected chi connectivity index (χ4v) is 3.50. The monoisotopic (exact) mass is 314 g/mol. The number of sulfonamides is 1. The molecule has 0 amide bonds. The third-order valence-electron chi connectivity index (χ3n) is 3.58. The zero-order valence-electron chi connectivity index (χ0n) is 12.1. The molecule has 5 nitrogen and oxygen atoms in total. The lowest BCUT2D eigenvalue weighted by molar-refractivity contribution is 0.101. The summed E-state index contributed by atoms with van der Waals surface area (Å²) in [6.45, 7) is 2.14. The van der Waals surface area contributed by atoms with Gasteiger partial charge in [-0.1, -0.05) is 6.07 Å². The van der Waals surface area contributed by atoms with Crippen molar-refractivity contribution in [3.05, 3.63) is 29.6 Å². The van der Waals surface area contributed by atoms with Crippen LogP contribution in [0.3, 0.4) is 0 Å². The Morgan fingerprint density at radius 1 is 1.43 bits per heavy atom. The van der Waals surface area contributed by atoms with Crippen LogP contribution in [0.25, 0.3) is 0 Å². The van der Waals surface area contributed by atoms with E-state index in [-0.39, 0.29) is 17.4 Å². The standard InChI is InChI=1S/C14H19FN2O3S/c1-10(18)14-12(15)6-3-7-13(14)16-11-5-4-8-17(9-11)21(2,19)20/h3,6-7,11,16H,4-5,8-9H2,1-2H3. The molecule has 7 heteroatoms. The van der Waals surface area contributed by atoms with Gasteiger partial charge in [-0.05, 0) is 31.9 Å². The van der Waals surface area contributed by atoms with E-state index in [1.165, 1.54) is 29.6 Å². The van der Waals surface area contributed by atoms with E-state index in [0.717, 1.165) is 12.8 Å². The van der Waals surface area contributed by atoms with Crippen LogP contribution in [0.4, 0.5) is 10.1 Å². The van der Waals surface area contributed by atoms with Gasteiger partial charge in [0.1, 0.15) is 5.82 Å². The number of rotatable bonds is 4. The topological polar surface area (TPSA) is 66.5 Å². The van der Waals surface area contributed by atoms with E-state index in [1.54, 1.807) is 6.07 Å². The highest BCUT2D eigenvalue weighted by molar-refractivity contribution is 7.88. The molecule has 0 spiro atoms. The molecule has 1 fully saturated rings. The highest BCUT2D eigenvalue weighted by Crippen LogP contribution is 2.23. The third kappa shape index (κ3) is 3.79. The molecular weight excluding hydrogens is 295 g/mol. The second kappa shape index (κ2) is 6.11. The van der Waals surface area contributed by atoms with Gasteiger partial charge >= 0.3 is 0 Å². The summed E-state index contributed by atoms with van der Waals surface area (Å²) < 4.78 is 38.4. The Kier molecular flexibility index (Phi) is 4.63. The van der Waals surface area contributed by atoms with Gasteiger partial charge in [0.25, 0.3) is 0 Å². The number of carbonyl (C=O) groups is 1. The number of hydrogen-bond donors (Lipinski definition) is 1. The number of halogens is 1. The minimum atomic E-state index is -3.23. The number of hydrogen-bond acceptors (Lipinski definition) is 4. The molecule has 1 unspecified atom stereocenters. The fourth-order valence-electron chi connectivity index (χ4n) is 2.58. The van der Waals surface area contributed by atoms with Gasteiger partial charge in [0.15, 0.2) is 5.78 Å². The minimum Gasteiger partial charge on any atom is -0.380 e. The number of nitrogens with one attached hydrogen (secondary N) is 1. The average molecular weight is 314 g/mol. The largest absolute Gasteiger partial charge is 0.380 e. The molecule has 1 saturated heterocycles. The van der Waals surface area contributed by atoms with Crippen molar-refractivity contribution >= 4 is 21.5 Å². The van der Waals surface area contributed by atoms with E-state index < -0.39 is 15.8 Å². The van der Waals surface area contributed by atoms with Gasteiger partial charge in [0.05, 0.1) is 11.8 Å². The second-order valence-corrected chi connectivity index (χ2v) is 7.31. The summed E-state index contributed by atoms with van der Waals surface area (Å²) in [6, 6.07) is 4.28. The normalized spacial score (nSPS) is 20.2. The van der Waals surface area contributed by atoms with Crippen molar-refractivity contribution in [2.75, 3.05) is 24.7 Å². The molecule has 1 atom stereocenters. The Labute approximate surface area is 124 Å². The van der Waals surface area contributed by atoms with Gasteiger partial charge in [0.2, 0.25) is 10.0 Å². The van der Waals surface area contributed by atoms with Crippen LogP contribution in [0.2, 0.25) is 0 Å². The Morgan fingerprint density at radius 3 is 2.76 bits per heavy atom. The van der Waals surface area contributed by atoms with Gasteiger partial charge in [-0.15, -0.1) is 0 Å². The Bertz CT molecular complexity index is 646. The lowest BCUT2D eigenvalue weighted by atomic mass is 10.0. The molecule has 1 aromatic rings. The molecule has 1 aromatic carbocycles. The molecule has 1 aliphatic rings. The third-order valence-corrected chi connectivity index (χ3v) is 4.85. The van der Waals surface area contributed by atoms with Crippen molar-refractivity contribution in [2.24, 2.45) is 0 Å². The van der Waals surface area contributed by atoms with E-state index in [4.69, 9.17) is 0 Å². The van der Waals surface area contributed by atoms with Crippen molar-refractivity contribution in [2.45, 2.75) is 25.8 Å². The van der Waals surface area contributed by atoms with Crippen molar-refractivity contribution in [1.29, 1.82) is 0 Å². The quantitative estimate of drug-likeness (QED) is 0.862. The van der Waals surface area contributed by atoms with Crippen molar-refractivity contribution < 1.29 is 17.6 Å². The number of benzene rings is 1. The van der Waals surface area contributed by atoms with Crippen LogP contribution in [0.5, 0.6) is 0 Å². The molecule has 2 rings (SSSR count). The Hall–Kier alpha value is -1.47. The lowest BCUT2D eigenvalue weighted by Crippen LogP contribution is -2.44. The zero-order valence-corrected chi connectivity index (χ0v) is 12.9. The molecule has 21 heavy (non-hydrogen) atoms. The van der Waals surface area contributed by atoms with Gasteiger partial charge in [-0.25, -0.2) is 17.1 Å². The van der Waals surface area contributed by atoms with Gasteiger partial charge < -0.3 is 5.32 Å². The van der Waals surface area contributed by atoms with Crippen LogP contribution in [0.15, 0.2) is 18.2 Å². The zero-order chi connectivity index (χ0) is 15.6. The smallest absolute Gasteiger partial charge is 0.211 e. The average Bonchev–Trinajstić information content (AvgIpc) is 2.37. The number of piperidine rings is 1. The summed E-state index contributed by atoms with van der Waals surface area (Å²) >= 11 is 0. The van der Waals surface area contributed by atoms with E-state index in [9.17, 15) is 17.6 Å². The predicted octanol–water partition coefficient (Wildman–Crippen LogP) is 1.86. The molecule has 0 radical (unpaired) electrons. The summed E-state index contributed by atoms with van der Waals surface area (Å²) in [5.41, 5.74) is 0.442. The molecule has 0 aromatic heterocycles. The molecule has 1 N–H and O–H groups in total. The summed E-state index contributed by atoms with van der Waals surface area (Å²) in [6.07, 6.45) is 2.69. The van der Waals surface area contributed by atoms with E-state index >= 15 is 0 Å². The number of anilines is 1. The number of Topliss-reactive ketones (excluding diaryl/α,β-unsaturated/α-hetero) is 1. The first-order valence-corrected chi connectivity index (χ1v) is 8.65. The first kappa shape index (κ1) is 15.9. The summed E-state index contributed by atoms with van der Waals surface area (Å²) in [5, 5.41) is 3.11. The molecule has 0 saturated carbocycles. The predicted molar refractivity (Wildman–Crippen MR) is 79.5 cm³/mol. The van der Waals surface area contributed by atoms with Crippen molar-refractivity contribution in [3.63, 3.8) is 0 Å². The molecule has 0 bridgehead atoms. The Morgan fingerprint density at radius 2 is 2.14 bits per heavy atom. The van der Waals surface area contributed by atoms with Gasteiger partial charge in [0, 0.05) is 24.8 Å². The number of carbonyl (C=O) groups excluding carboxylic acids is 1. The number of ketones is 1. The van der Waals surface area contributed by atoms with Crippen LogP contribution in [0.1, 0.15) is 30.1 Å². The van der Waals surface area contributed by atoms with E-state index in [2.05, 4.69) is 5.32 Å². The first-order chi connectivity index (χ1) is 9.79. The van der Waals surface area contributed by atoms with Crippen LogP contribution in [-0.2, 0) is 10.0 Å². The fraction of sp³-hybridized carbons (Fsp3) is 0.500. The van der Waals surface area contributed by atoms with Gasteiger partial charge in [-0.3, -0.25) is 4.79 Å². The molecule has 1 heterocycles. The summed E-state index contributed by atoms with van der Waals surface area (Å²) in [5.74, 6) is -0.922. The highest BCUT2D eigenvalue weighted by Gasteiger charge is 2.26. The van der Waals surface area contributed by atoms with Crippen molar-refractivity contribution in [3.8, 4) is 0 Å². The molecule has 1 aliphatic heterocycles. The molecule has 116 valence electrons. The summed E-state index contributed by atoms with van der Waals surface area (Å²) in [4.78, 5) is 11.6.